The Morgan fingerprint density at radius 2 is 1.95 bits per heavy atom. The molecular weight excluding hydrogens is 518 g/mol. The van der Waals surface area contributed by atoms with Crippen molar-refractivity contribution in [2.45, 2.75) is 75.5 Å². The van der Waals surface area contributed by atoms with Crippen LogP contribution < -0.4 is 5.32 Å². The molecule has 2 saturated carbocycles. The minimum Gasteiger partial charge on any atom is -0.381 e. The third-order valence-electron chi connectivity index (χ3n) is 7.50. The van der Waals surface area contributed by atoms with Crippen LogP contribution in [0.2, 0.25) is 0 Å². The molecule has 8 nitrogen and oxygen atoms in total. The van der Waals surface area contributed by atoms with E-state index >= 15 is 0 Å². The van der Waals surface area contributed by atoms with E-state index in [0.29, 0.717) is 30.3 Å². The molecule has 2 aliphatic carbocycles. The summed E-state index contributed by atoms with van der Waals surface area (Å²) < 4.78 is 55.6. The van der Waals surface area contributed by atoms with Crippen LogP contribution in [-0.4, -0.2) is 72.9 Å². The van der Waals surface area contributed by atoms with Gasteiger partial charge < -0.3 is 19.7 Å². The Labute approximate surface area is 226 Å². The number of rotatable bonds is 6. The van der Waals surface area contributed by atoms with Crippen molar-refractivity contribution in [2.24, 2.45) is 5.92 Å². The van der Waals surface area contributed by atoms with Crippen molar-refractivity contribution in [1.29, 1.82) is 0 Å². The number of alkyl halides is 3. The summed E-state index contributed by atoms with van der Waals surface area (Å²) in [6, 6.07) is 1.86. The van der Waals surface area contributed by atoms with Gasteiger partial charge in [0.1, 0.15) is 12.5 Å². The highest BCUT2D eigenvalue weighted by molar-refractivity contribution is 5.94. The van der Waals surface area contributed by atoms with E-state index in [1.54, 1.807) is 13.1 Å². The number of allylic oxidation sites excluding steroid dienone is 2. The maximum atomic E-state index is 14.2. The van der Waals surface area contributed by atoms with Crippen LogP contribution in [0.1, 0.15) is 74.0 Å². The average molecular weight is 557 g/mol. The molecular formula is C27H38F4N5O3+. The van der Waals surface area contributed by atoms with Gasteiger partial charge in [-0.15, -0.1) is 0 Å². The molecule has 12 heteroatoms. The highest BCUT2D eigenvalue weighted by Crippen LogP contribution is 2.48. The number of H-pyrrole nitrogens is 1. The zero-order valence-corrected chi connectivity index (χ0v) is 22.5. The Morgan fingerprint density at radius 1 is 1.28 bits per heavy atom. The van der Waals surface area contributed by atoms with E-state index in [2.05, 4.69) is 20.4 Å². The van der Waals surface area contributed by atoms with E-state index in [1.165, 1.54) is 19.6 Å². The fourth-order valence-electron chi connectivity index (χ4n) is 5.13. The second kappa shape index (κ2) is 14.9. The van der Waals surface area contributed by atoms with Crippen molar-refractivity contribution in [3.63, 3.8) is 0 Å². The highest BCUT2D eigenvalue weighted by Gasteiger charge is 2.51. The first-order valence-corrected chi connectivity index (χ1v) is 13.0. The number of hydrogen-bond acceptors (Lipinski definition) is 5. The first-order chi connectivity index (χ1) is 18.6. The topological polar surface area (TPSA) is 91.7 Å². The molecule has 2 heterocycles. The van der Waals surface area contributed by atoms with Crippen molar-refractivity contribution in [3.05, 3.63) is 40.4 Å². The van der Waals surface area contributed by atoms with Crippen LogP contribution in [0.15, 0.2) is 24.2 Å². The molecule has 216 valence electrons. The Balaban J connectivity index is 0.000000320. The third kappa shape index (κ3) is 8.73. The van der Waals surface area contributed by atoms with Gasteiger partial charge in [0.15, 0.2) is 0 Å². The van der Waals surface area contributed by atoms with Gasteiger partial charge in [0.05, 0.1) is 18.2 Å². The molecule has 1 aromatic heterocycles. The number of piperidine rings is 1. The number of nitrogens with zero attached hydrogens (tertiary/aromatic N) is 3. The van der Waals surface area contributed by atoms with Crippen LogP contribution in [-0.2, 0) is 9.53 Å². The van der Waals surface area contributed by atoms with Crippen LogP contribution in [0.5, 0.6) is 0 Å². The van der Waals surface area contributed by atoms with E-state index in [-0.39, 0.29) is 36.5 Å². The fraction of sp³-hybridized carbons (Fsp3) is 0.630. The average Bonchev–Trinajstić information content (AvgIpc) is 3.52. The smallest absolute Gasteiger partial charge is 0.381 e. The molecule has 39 heavy (non-hydrogen) atoms. The zero-order chi connectivity index (χ0) is 29.1. The summed E-state index contributed by atoms with van der Waals surface area (Å²) in [5.41, 5.74) is 0.911. The van der Waals surface area contributed by atoms with Gasteiger partial charge in [0.25, 0.3) is 12.5 Å². The number of nitrogens with one attached hydrogen (secondary N) is 2. The fourth-order valence-corrected chi connectivity index (χ4v) is 5.13. The van der Waals surface area contributed by atoms with Crippen LogP contribution in [0.3, 0.4) is 0 Å². The van der Waals surface area contributed by atoms with Gasteiger partial charge >= 0.3 is 12.4 Å². The molecule has 0 atom stereocenters. The van der Waals surface area contributed by atoms with Gasteiger partial charge in [-0.2, -0.15) is 22.7 Å². The third-order valence-corrected chi connectivity index (χ3v) is 7.50. The van der Waals surface area contributed by atoms with E-state index in [0.717, 1.165) is 38.4 Å². The summed E-state index contributed by atoms with van der Waals surface area (Å²) in [5, 5.41) is 9.85. The summed E-state index contributed by atoms with van der Waals surface area (Å²) in [5.74, 6) is -1.77. The van der Waals surface area contributed by atoms with E-state index < -0.39 is 17.9 Å². The monoisotopic (exact) mass is 556 g/mol. The Hall–Kier alpha value is -3.04. The maximum absolute atomic E-state index is 14.2. The van der Waals surface area contributed by atoms with Crippen molar-refractivity contribution in [1.82, 2.24) is 20.4 Å². The molecule has 1 saturated heterocycles. The lowest BCUT2D eigenvalue weighted by Crippen LogP contribution is -2.45. The summed E-state index contributed by atoms with van der Waals surface area (Å²) in [6.45, 7) is 7.99. The molecule has 0 unspecified atom stereocenters. The first-order valence-electron chi connectivity index (χ1n) is 13.0. The number of likely N-dealkylation sites (tertiary alicyclic amines) is 1. The van der Waals surface area contributed by atoms with Gasteiger partial charge in [-0.1, -0.05) is 0 Å². The molecule has 0 radical (unpaired) electrons. The normalized spacial score (nSPS) is 22.6. The lowest BCUT2D eigenvalue weighted by Gasteiger charge is -2.35. The van der Waals surface area contributed by atoms with Gasteiger partial charge in [0.2, 0.25) is 5.83 Å². The quantitative estimate of drug-likeness (QED) is 0.356. The summed E-state index contributed by atoms with van der Waals surface area (Å²) >= 11 is 0. The van der Waals surface area contributed by atoms with Crippen molar-refractivity contribution in [3.8, 4) is 6.57 Å². The molecule has 1 aromatic rings. The Kier molecular flexibility index (Phi) is 12.3. The van der Waals surface area contributed by atoms with E-state index in [4.69, 9.17) is 16.1 Å². The van der Waals surface area contributed by atoms with Gasteiger partial charge in [-0.05, 0) is 81.8 Å². The number of carbonyl (C=O) groups excluding carboxylic acids is 2. The molecule has 1 amide bonds. The molecule has 1 aliphatic heterocycles. The lowest BCUT2D eigenvalue weighted by molar-refractivity contribution is -0.182. The SMILES string of the molecule is C#[N+]/C=C(F)\C(=C/COC)c1cc(C(=O)N2CCCCC23CC3)[nH]n1.C=O.CNC1CCC(C(F)(F)F)CC1. The number of ether oxygens (including phenoxy) is 1. The first kappa shape index (κ1) is 32.2. The number of amides is 1. The van der Waals surface area contributed by atoms with Crippen molar-refractivity contribution < 1.29 is 31.9 Å². The molecule has 1 spiro atoms. The van der Waals surface area contributed by atoms with Crippen LogP contribution in [0.25, 0.3) is 10.4 Å². The standard InChI is InChI=1S/C18H21FN4O2.C8H14F3N.CH2O/c1-20-12-14(19)13(5-10-25-2)15-11-16(22-21-15)17(24)23-9-4-3-6-18(23)7-8-18;1-12-7-4-2-6(3-5-7)8(9,10)11;1-2/h1,5,11-12H,3-4,6-10H2,2H3;6-7,12H,2-5H2,1H3;1H2/p+1/b13-5+,14-12+;;. The second-order valence-corrected chi connectivity index (χ2v) is 9.88. The predicted octanol–water partition coefficient (Wildman–Crippen LogP) is 5.51. The maximum Gasteiger partial charge on any atom is 0.391 e. The summed E-state index contributed by atoms with van der Waals surface area (Å²) in [7, 11) is 3.31. The molecule has 4 rings (SSSR count). The summed E-state index contributed by atoms with van der Waals surface area (Å²) in [4.78, 5) is 26.0. The molecule has 3 aliphatic rings. The molecule has 2 N–H and O–H groups in total. The number of aromatic nitrogens is 2. The number of halogens is 4. The van der Waals surface area contributed by atoms with Gasteiger partial charge in [-0.3, -0.25) is 9.89 Å². The minimum absolute atomic E-state index is 0.0406. The van der Waals surface area contributed by atoms with E-state index in [1.807, 2.05) is 11.7 Å². The second-order valence-electron chi connectivity index (χ2n) is 9.88. The largest absolute Gasteiger partial charge is 0.391 e. The van der Waals surface area contributed by atoms with Crippen molar-refractivity contribution >= 4 is 18.3 Å². The number of carbonyl (C=O) groups is 2. The summed E-state index contributed by atoms with van der Waals surface area (Å²) in [6.07, 6.45) is 5.72. The Bertz CT molecular complexity index is 1030. The lowest BCUT2D eigenvalue weighted by atomic mass is 9.86. The van der Waals surface area contributed by atoms with Gasteiger partial charge in [-0.25, -0.2) is 0 Å². The number of hydrogen-bond donors (Lipinski definition) is 2. The predicted molar refractivity (Wildman–Crippen MR) is 141 cm³/mol. The van der Waals surface area contributed by atoms with E-state index in [9.17, 15) is 22.4 Å². The molecule has 3 fully saturated rings. The number of methoxy groups -OCH3 is 1. The minimum atomic E-state index is -3.97. The zero-order valence-electron chi connectivity index (χ0n) is 22.5. The van der Waals surface area contributed by atoms with Crippen LogP contribution >= 0.6 is 0 Å². The molecule has 0 aromatic carbocycles. The number of aromatic amines is 1. The van der Waals surface area contributed by atoms with Gasteiger partial charge in [0, 0.05) is 30.8 Å². The Morgan fingerprint density at radius 3 is 2.49 bits per heavy atom. The van der Waals surface area contributed by atoms with Crippen LogP contribution in [0, 0.1) is 12.5 Å². The van der Waals surface area contributed by atoms with Crippen molar-refractivity contribution in [2.75, 3.05) is 27.3 Å². The van der Waals surface area contributed by atoms with Crippen LogP contribution in [0.4, 0.5) is 17.6 Å². The highest BCUT2D eigenvalue weighted by atomic mass is 19.4. The molecule has 0 bridgehead atoms.